The van der Waals surface area contributed by atoms with E-state index in [4.69, 9.17) is 0 Å². The highest BCUT2D eigenvalue weighted by Gasteiger charge is 2.06. The van der Waals surface area contributed by atoms with E-state index in [-0.39, 0.29) is 0 Å². The van der Waals surface area contributed by atoms with Crippen LogP contribution in [0, 0.1) is 0 Å². The molecule has 0 atom stereocenters. The second-order valence-corrected chi connectivity index (χ2v) is 3.39. The second-order valence-electron chi connectivity index (χ2n) is 3.39. The Bertz CT molecular complexity index is 251. The minimum Gasteiger partial charge on any atom is -0.388 e. The molecule has 0 aliphatic carbocycles. The Morgan fingerprint density at radius 3 is 2.46 bits per heavy atom. The quantitative estimate of drug-likeness (QED) is 0.740. The maximum Gasteiger partial charge on any atom is 0.0340 e. The van der Waals surface area contributed by atoms with Gasteiger partial charge >= 0.3 is 0 Å². The van der Waals surface area contributed by atoms with Gasteiger partial charge in [0.2, 0.25) is 0 Å². The van der Waals surface area contributed by atoms with Crippen LogP contribution in [0.15, 0.2) is 24.3 Å². The first-order valence-corrected chi connectivity index (χ1v) is 5.09. The smallest absolute Gasteiger partial charge is 0.0340 e. The van der Waals surface area contributed by atoms with Gasteiger partial charge in [-0.1, -0.05) is 26.0 Å². The minimum atomic E-state index is 0.716. The Balaban J connectivity index is 2.86. The van der Waals surface area contributed by atoms with E-state index in [2.05, 4.69) is 43.4 Å². The summed E-state index contributed by atoms with van der Waals surface area (Å²) in [5, 5.41) is 3.17. The zero-order valence-corrected chi connectivity index (χ0v) is 8.80. The van der Waals surface area contributed by atoms with E-state index in [1.807, 2.05) is 7.05 Å². The molecule has 1 N–H and O–H groups in total. The van der Waals surface area contributed by atoms with Crippen molar-refractivity contribution in [2.75, 3.05) is 12.4 Å². The van der Waals surface area contributed by atoms with Gasteiger partial charge in [-0.2, -0.15) is 0 Å². The van der Waals surface area contributed by atoms with Crippen LogP contribution in [0.2, 0.25) is 0 Å². The normalized spacial score (nSPS) is 10.5. The second kappa shape index (κ2) is 4.90. The first kappa shape index (κ1) is 10.1. The average Bonchev–Trinajstić information content (AvgIpc) is 2.20. The summed E-state index contributed by atoms with van der Waals surface area (Å²) in [6.45, 7) is 4.50. The first-order valence-electron chi connectivity index (χ1n) is 5.09. The van der Waals surface area contributed by atoms with Crippen LogP contribution < -0.4 is 5.32 Å². The molecule has 0 amide bonds. The lowest BCUT2D eigenvalue weighted by Gasteiger charge is -2.13. The van der Waals surface area contributed by atoms with Crippen molar-refractivity contribution in [3.8, 4) is 0 Å². The van der Waals surface area contributed by atoms with Crippen molar-refractivity contribution in [3.63, 3.8) is 0 Å². The predicted molar refractivity (Wildman–Crippen MR) is 59.3 cm³/mol. The maximum absolute atomic E-state index is 3.17. The van der Waals surface area contributed by atoms with Gasteiger partial charge in [-0.15, -0.1) is 0 Å². The van der Waals surface area contributed by atoms with Crippen LogP contribution in [0.3, 0.4) is 0 Å². The largest absolute Gasteiger partial charge is 0.388 e. The lowest BCUT2D eigenvalue weighted by atomic mass is 9.94. The summed E-state index contributed by atoms with van der Waals surface area (Å²) in [6.07, 6.45) is 2.45. The summed E-state index contributed by atoms with van der Waals surface area (Å²) in [4.78, 5) is 0. The van der Waals surface area contributed by atoms with Gasteiger partial charge in [-0.05, 0) is 36.5 Å². The van der Waals surface area contributed by atoms with Crippen LogP contribution in [-0.4, -0.2) is 7.05 Å². The molecule has 0 aromatic heterocycles. The summed E-state index contributed by atoms with van der Waals surface area (Å²) in [5.74, 6) is 0.716. The average molecular weight is 177 g/mol. The van der Waals surface area contributed by atoms with Gasteiger partial charge < -0.3 is 5.32 Å². The molecule has 1 rings (SSSR count). The molecular formula is C12H19N. The molecule has 0 bridgehead atoms. The van der Waals surface area contributed by atoms with Crippen molar-refractivity contribution in [2.24, 2.45) is 0 Å². The van der Waals surface area contributed by atoms with Gasteiger partial charge in [0.1, 0.15) is 0 Å². The first-order chi connectivity index (χ1) is 6.31. The molecule has 1 aromatic carbocycles. The fourth-order valence-electron chi connectivity index (χ4n) is 1.71. The molecule has 0 unspecified atom stereocenters. The molecule has 13 heavy (non-hydrogen) atoms. The molecule has 0 saturated carbocycles. The number of anilines is 1. The topological polar surface area (TPSA) is 12.0 Å². The highest BCUT2D eigenvalue weighted by atomic mass is 14.8. The van der Waals surface area contributed by atoms with Crippen LogP contribution in [0.1, 0.15) is 38.2 Å². The van der Waals surface area contributed by atoms with Crippen LogP contribution in [-0.2, 0) is 0 Å². The van der Waals surface area contributed by atoms with Gasteiger partial charge in [0.05, 0.1) is 0 Å². The third-order valence-corrected chi connectivity index (χ3v) is 2.63. The van der Waals surface area contributed by atoms with E-state index >= 15 is 0 Å². The van der Waals surface area contributed by atoms with Crippen LogP contribution >= 0.6 is 0 Å². The summed E-state index contributed by atoms with van der Waals surface area (Å²) in [6, 6.07) is 8.70. The summed E-state index contributed by atoms with van der Waals surface area (Å²) in [7, 11) is 1.96. The Hall–Kier alpha value is -0.980. The lowest BCUT2D eigenvalue weighted by molar-refractivity contribution is 0.642. The number of nitrogens with one attached hydrogen (secondary N) is 1. The Morgan fingerprint density at radius 1 is 1.23 bits per heavy atom. The van der Waals surface area contributed by atoms with Gasteiger partial charge in [0, 0.05) is 12.7 Å². The molecule has 0 fully saturated rings. The van der Waals surface area contributed by atoms with Crippen LogP contribution in [0.4, 0.5) is 5.69 Å². The van der Waals surface area contributed by atoms with Crippen molar-refractivity contribution in [2.45, 2.75) is 32.6 Å². The fraction of sp³-hybridized carbons (Fsp3) is 0.500. The number of hydrogen-bond donors (Lipinski definition) is 1. The van der Waals surface area contributed by atoms with E-state index in [1.165, 1.54) is 24.1 Å². The molecular weight excluding hydrogens is 158 g/mol. The van der Waals surface area contributed by atoms with Gasteiger partial charge in [-0.25, -0.2) is 0 Å². The highest BCUT2D eigenvalue weighted by molar-refractivity contribution is 5.45. The number of hydrogen-bond acceptors (Lipinski definition) is 1. The molecule has 0 heterocycles. The summed E-state index contributed by atoms with van der Waals surface area (Å²) in [5.41, 5.74) is 2.67. The molecule has 72 valence electrons. The molecule has 1 aromatic rings. The van der Waals surface area contributed by atoms with Gasteiger partial charge in [0.15, 0.2) is 0 Å². The maximum atomic E-state index is 3.17. The predicted octanol–water partition coefficient (Wildman–Crippen LogP) is 3.63. The zero-order chi connectivity index (χ0) is 9.68. The van der Waals surface area contributed by atoms with Crippen molar-refractivity contribution in [3.05, 3.63) is 29.8 Å². The third kappa shape index (κ3) is 2.48. The van der Waals surface area contributed by atoms with Crippen LogP contribution in [0.5, 0.6) is 0 Å². The molecule has 0 aliphatic heterocycles. The zero-order valence-electron chi connectivity index (χ0n) is 8.80. The molecule has 1 heteroatoms. The van der Waals surface area contributed by atoms with E-state index in [9.17, 15) is 0 Å². The molecule has 0 spiro atoms. The van der Waals surface area contributed by atoms with E-state index in [0.717, 1.165) is 0 Å². The fourth-order valence-corrected chi connectivity index (χ4v) is 1.71. The molecule has 0 aliphatic rings. The van der Waals surface area contributed by atoms with Gasteiger partial charge in [0.25, 0.3) is 0 Å². The van der Waals surface area contributed by atoms with Gasteiger partial charge in [-0.3, -0.25) is 0 Å². The molecule has 1 nitrogen and oxygen atoms in total. The van der Waals surface area contributed by atoms with E-state index < -0.39 is 0 Å². The number of benzene rings is 1. The SMILES string of the molecule is CCC(CC)c1cccc(NC)c1. The standard InChI is InChI=1S/C12H19N/c1-4-10(5-2)11-7-6-8-12(9-11)13-3/h6-10,13H,4-5H2,1-3H3. The van der Waals surface area contributed by atoms with Crippen molar-refractivity contribution in [1.82, 2.24) is 0 Å². The Morgan fingerprint density at radius 2 is 1.92 bits per heavy atom. The minimum absolute atomic E-state index is 0.716. The van der Waals surface area contributed by atoms with Crippen molar-refractivity contribution < 1.29 is 0 Å². The molecule has 0 saturated heterocycles. The monoisotopic (exact) mass is 177 g/mol. The Kier molecular flexibility index (Phi) is 3.81. The highest BCUT2D eigenvalue weighted by Crippen LogP contribution is 2.24. The Labute approximate surface area is 81.2 Å². The molecule has 0 radical (unpaired) electrons. The number of rotatable bonds is 4. The van der Waals surface area contributed by atoms with Crippen molar-refractivity contribution in [1.29, 1.82) is 0 Å². The van der Waals surface area contributed by atoms with Crippen LogP contribution in [0.25, 0.3) is 0 Å². The summed E-state index contributed by atoms with van der Waals surface area (Å²) < 4.78 is 0. The third-order valence-electron chi connectivity index (χ3n) is 2.63. The van der Waals surface area contributed by atoms with Crippen molar-refractivity contribution >= 4 is 5.69 Å². The lowest BCUT2D eigenvalue weighted by Crippen LogP contribution is -1.96. The van der Waals surface area contributed by atoms with E-state index in [0.29, 0.717) is 5.92 Å². The summed E-state index contributed by atoms with van der Waals surface area (Å²) >= 11 is 0. The van der Waals surface area contributed by atoms with E-state index in [1.54, 1.807) is 0 Å².